The first-order valence-corrected chi connectivity index (χ1v) is 15.5. The Labute approximate surface area is 260 Å². The van der Waals surface area contributed by atoms with Crippen molar-refractivity contribution in [3.63, 3.8) is 0 Å². The Kier molecular flexibility index (Phi) is 6.11. The molecule has 1 aliphatic rings. The van der Waals surface area contributed by atoms with Crippen LogP contribution in [0.5, 0.6) is 0 Å². The lowest BCUT2D eigenvalue weighted by Gasteiger charge is -2.35. The van der Waals surface area contributed by atoms with Crippen LogP contribution >= 0.6 is 11.8 Å². The van der Waals surface area contributed by atoms with Gasteiger partial charge < -0.3 is 0 Å². The molecule has 0 fully saturated rings. The Hall–Kier alpha value is -5.24. The highest BCUT2D eigenvalue weighted by molar-refractivity contribution is 7.99. The van der Waals surface area contributed by atoms with E-state index in [1.165, 1.54) is 37.6 Å². The Balaban J connectivity index is 1.29. The Morgan fingerprint density at radius 1 is 0.591 bits per heavy atom. The van der Waals surface area contributed by atoms with Crippen LogP contribution in [0.25, 0.3) is 55.4 Å². The van der Waals surface area contributed by atoms with Crippen molar-refractivity contribution in [2.45, 2.75) is 29.1 Å². The number of rotatable bonds is 3. The van der Waals surface area contributed by atoms with Crippen LogP contribution in [0.2, 0.25) is 0 Å². The molecule has 2 heterocycles. The molecule has 8 rings (SSSR count). The monoisotopic (exact) mass is 581 g/mol. The summed E-state index contributed by atoms with van der Waals surface area (Å²) in [5.41, 5.74) is 7.74. The fourth-order valence-electron chi connectivity index (χ4n) is 6.38. The van der Waals surface area contributed by atoms with Crippen molar-refractivity contribution in [2.24, 2.45) is 0 Å². The maximum Gasteiger partial charge on any atom is 0.160 e. The molecule has 0 atom stereocenters. The number of benzene rings is 6. The van der Waals surface area contributed by atoms with E-state index < -0.39 is 0 Å². The lowest BCUT2D eigenvalue weighted by Crippen LogP contribution is -2.24. The Morgan fingerprint density at radius 3 is 2.11 bits per heavy atom. The fraction of sp³-hybridized carbons (Fsp3) is 0.0750. The molecule has 0 unspecified atom stereocenters. The van der Waals surface area contributed by atoms with Crippen molar-refractivity contribution < 1.29 is 0 Å². The van der Waals surface area contributed by atoms with Crippen LogP contribution in [0.3, 0.4) is 0 Å². The van der Waals surface area contributed by atoms with Gasteiger partial charge in [0.25, 0.3) is 0 Å². The highest BCUT2D eigenvalue weighted by atomic mass is 32.2. The minimum Gasteiger partial charge on any atom is -0.228 e. The van der Waals surface area contributed by atoms with Crippen LogP contribution in [0.15, 0.2) is 137 Å². The van der Waals surface area contributed by atoms with Crippen molar-refractivity contribution >= 4 is 33.3 Å². The number of hydrogen-bond acceptors (Lipinski definition) is 4. The maximum absolute atomic E-state index is 9.77. The summed E-state index contributed by atoms with van der Waals surface area (Å²) in [6.07, 6.45) is 0. The quantitative estimate of drug-likeness (QED) is 0.195. The SMILES string of the molecule is CC1(C)c2cc(-c3cc(-c4ccc5c(ccc6ccccc65)c4)nc(-c4ccccc4)n3)ccc2Sc2c(C#N)cccc21. The van der Waals surface area contributed by atoms with Gasteiger partial charge in [-0.15, -0.1) is 0 Å². The zero-order chi connectivity index (χ0) is 29.8. The van der Waals surface area contributed by atoms with E-state index in [9.17, 15) is 5.26 Å². The van der Waals surface area contributed by atoms with Crippen LogP contribution in [-0.2, 0) is 5.41 Å². The number of hydrogen-bond donors (Lipinski definition) is 0. The second-order valence-corrected chi connectivity index (χ2v) is 12.8. The average molecular weight is 582 g/mol. The van der Waals surface area contributed by atoms with Gasteiger partial charge in [-0.05, 0) is 63.0 Å². The number of aromatic nitrogens is 2. The summed E-state index contributed by atoms with van der Waals surface area (Å²) in [4.78, 5) is 12.4. The predicted octanol–water partition coefficient (Wildman–Crippen LogP) is 10.4. The fourth-order valence-corrected chi connectivity index (χ4v) is 7.82. The predicted molar refractivity (Wildman–Crippen MR) is 181 cm³/mol. The summed E-state index contributed by atoms with van der Waals surface area (Å²) in [5.74, 6) is 0.701. The third-order valence-electron chi connectivity index (χ3n) is 8.77. The molecule has 1 aliphatic heterocycles. The van der Waals surface area contributed by atoms with E-state index in [1.54, 1.807) is 11.8 Å². The first-order chi connectivity index (χ1) is 21.5. The van der Waals surface area contributed by atoms with Crippen molar-refractivity contribution in [1.82, 2.24) is 9.97 Å². The molecule has 0 amide bonds. The molecule has 0 bridgehead atoms. The molecule has 0 radical (unpaired) electrons. The molecule has 0 saturated carbocycles. The van der Waals surface area contributed by atoms with Gasteiger partial charge in [-0.3, -0.25) is 0 Å². The van der Waals surface area contributed by atoms with Crippen molar-refractivity contribution in [1.29, 1.82) is 5.26 Å². The molecule has 7 aromatic rings. The van der Waals surface area contributed by atoms with Gasteiger partial charge in [0.1, 0.15) is 6.07 Å². The summed E-state index contributed by atoms with van der Waals surface area (Å²) in [7, 11) is 0. The second kappa shape index (κ2) is 10.2. The summed E-state index contributed by atoms with van der Waals surface area (Å²) >= 11 is 1.69. The highest BCUT2D eigenvalue weighted by Crippen LogP contribution is 2.51. The summed E-state index contributed by atoms with van der Waals surface area (Å²) in [6.45, 7) is 4.49. The summed E-state index contributed by atoms with van der Waals surface area (Å²) in [6, 6.07) is 46.9. The molecule has 0 saturated heterocycles. The number of fused-ring (bicyclic) bond motifs is 5. The zero-order valence-electron chi connectivity index (χ0n) is 24.4. The van der Waals surface area contributed by atoms with E-state index in [-0.39, 0.29) is 5.41 Å². The van der Waals surface area contributed by atoms with E-state index >= 15 is 0 Å². The van der Waals surface area contributed by atoms with Crippen molar-refractivity contribution in [3.8, 4) is 40.0 Å². The highest BCUT2D eigenvalue weighted by Gasteiger charge is 2.34. The molecule has 0 N–H and O–H groups in total. The molecule has 0 spiro atoms. The summed E-state index contributed by atoms with van der Waals surface area (Å²) < 4.78 is 0. The molecule has 6 aromatic carbocycles. The van der Waals surface area contributed by atoms with Gasteiger partial charge in [-0.1, -0.05) is 123 Å². The van der Waals surface area contributed by atoms with Gasteiger partial charge in [0.05, 0.1) is 17.0 Å². The van der Waals surface area contributed by atoms with Gasteiger partial charge in [0.2, 0.25) is 0 Å². The van der Waals surface area contributed by atoms with E-state index in [4.69, 9.17) is 9.97 Å². The zero-order valence-corrected chi connectivity index (χ0v) is 25.2. The number of nitrogens with zero attached hydrogens (tertiary/aromatic N) is 3. The lowest BCUT2D eigenvalue weighted by molar-refractivity contribution is 0.607. The standard InChI is InChI=1S/C40H27N3S/c1-40(2)33-14-8-12-30(24-41)38(33)44-37-20-18-29(22-34(37)40)36-23-35(42-39(43-36)26-10-4-3-5-11-26)28-17-19-32-27(21-28)16-15-25-9-6-7-13-31(25)32/h3-23H,1-2H3. The third kappa shape index (κ3) is 4.28. The van der Waals surface area contributed by atoms with Crippen LogP contribution in [0.4, 0.5) is 0 Å². The van der Waals surface area contributed by atoms with E-state index in [2.05, 4.69) is 117 Å². The minimum absolute atomic E-state index is 0.266. The molecule has 44 heavy (non-hydrogen) atoms. The number of nitriles is 1. The molecule has 3 nitrogen and oxygen atoms in total. The topological polar surface area (TPSA) is 49.6 Å². The van der Waals surface area contributed by atoms with E-state index in [0.29, 0.717) is 5.82 Å². The average Bonchev–Trinajstić information content (AvgIpc) is 3.08. The first-order valence-electron chi connectivity index (χ1n) is 14.7. The van der Waals surface area contributed by atoms with Crippen LogP contribution in [0.1, 0.15) is 30.5 Å². The van der Waals surface area contributed by atoms with E-state index in [1.807, 2.05) is 30.3 Å². The molecule has 4 heteroatoms. The molecular formula is C40H27N3S. The largest absolute Gasteiger partial charge is 0.228 e. The third-order valence-corrected chi connectivity index (χ3v) is 9.99. The van der Waals surface area contributed by atoms with Gasteiger partial charge in [-0.25, -0.2) is 9.97 Å². The Bertz CT molecular complexity index is 2300. The smallest absolute Gasteiger partial charge is 0.160 e. The van der Waals surface area contributed by atoms with Gasteiger partial charge >= 0.3 is 0 Å². The molecular weight excluding hydrogens is 555 g/mol. The minimum atomic E-state index is -0.266. The van der Waals surface area contributed by atoms with Crippen molar-refractivity contribution in [2.75, 3.05) is 0 Å². The first kappa shape index (κ1) is 26.4. The molecule has 0 aliphatic carbocycles. The Morgan fingerprint density at radius 2 is 1.30 bits per heavy atom. The summed E-state index contributed by atoms with van der Waals surface area (Å²) in [5, 5.41) is 14.7. The van der Waals surface area contributed by atoms with Crippen molar-refractivity contribution in [3.05, 3.63) is 144 Å². The van der Waals surface area contributed by atoms with Crippen LogP contribution < -0.4 is 0 Å². The van der Waals surface area contributed by atoms with Crippen LogP contribution in [0, 0.1) is 11.3 Å². The van der Waals surface area contributed by atoms with Gasteiger partial charge in [-0.2, -0.15) is 5.26 Å². The lowest BCUT2D eigenvalue weighted by atomic mass is 9.76. The second-order valence-electron chi connectivity index (χ2n) is 11.8. The van der Waals surface area contributed by atoms with Gasteiger partial charge in [0, 0.05) is 31.9 Å². The maximum atomic E-state index is 9.77. The molecule has 208 valence electrons. The molecule has 1 aromatic heterocycles. The normalized spacial score (nSPS) is 13.3. The van der Waals surface area contributed by atoms with E-state index in [0.717, 1.165) is 38.5 Å². The van der Waals surface area contributed by atoms with Gasteiger partial charge in [0.15, 0.2) is 5.82 Å². The van der Waals surface area contributed by atoms with Crippen LogP contribution in [-0.4, -0.2) is 9.97 Å².